The van der Waals surface area contributed by atoms with Gasteiger partial charge in [-0.2, -0.15) is 0 Å². The lowest BCUT2D eigenvalue weighted by molar-refractivity contribution is -0.139. The molecule has 1 atom stereocenters. The number of carboxylic acids is 1. The summed E-state index contributed by atoms with van der Waals surface area (Å²) in [6.45, 7) is 0. The number of terminal acetylenes is 1. The van der Waals surface area contributed by atoms with Gasteiger partial charge in [-0.05, 0) is 34.1 Å². The minimum Gasteiger partial charge on any atom is -0.480 e. The van der Waals surface area contributed by atoms with Gasteiger partial charge in [0, 0.05) is 12.1 Å². The molecule has 5 nitrogen and oxygen atoms in total. The van der Waals surface area contributed by atoms with Crippen molar-refractivity contribution < 1.29 is 19.1 Å². The first-order valence-electron chi connectivity index (χ1n) is 5.13. The Morgan fingerprint density at radius 2 is 2.21 bits per heavy atom. The Bertz CT molecular complexity index is 542. The van der Waals surface area contributed by atoms with Gasteiger partial charge in [-0.25, -0.2) is 14.0 Å². The Balaban J connectivity index is 2.66. The van der Waals surface area contributed by atoms with Crippen LogP contribution in [0, 0.1) is 18.2 Å². The summed E-state index contributed by atoms with van der Waals surface area (Å²) in [5.41, 5.74) is 0.197. The average molecular weight is 329 g/mol. The number of urea groups is 1. The number of carboxylic acid groups (broad SMARTS) is 1. The SMILES string of the molecule is C#CCC(NC(=O)Nc1ccc(Br)c(F)c1)C(=O)O. The second-order valence-electron chi connectivity index (χ2n) is 3.53. The molecular weight excluding hydrogens is 319 g/mol. The molecule has 0 bridgehead atoms. The van der Waals surface area contributed by atoms with Gasteiger partial charge in [-0.15, -0.1) is 12.3 Å². The van der Waals surface area contributed by atoms with E-state index in [0.717, 1.165) is 6.07 Å². The molecule has 3 N–H and O–H groups in total. The van der Waals surface area contributed by atoms with E-state index in [-0.39, 0.29) is 16.6 Å². The smallest absolute Gasteiger partial charge is 0.327 e. The van der Waals surface area contributed by atoms with Crippen molar-refractivity contribution in [1.82, 2.24) is 5.32 Å². The van der Waals surface area contributed by atoms with E-state index >= 15 is 0 Å². The third-order valence-electron chi connectivity index (χ3n) is 2.10. The Labute approximate surface area is 117 Å². The lowest BCUT2D eigenvalue weighted by atomic mass is 10.2. The van der Waals surface area contributed by atoms with E-state index in [0.29, 0.717) is 0 Å². The molecule has 0 aliphatic heterocycles. The second-order valence-corrected chi connectivity index (χ2v) is 4.38. The molecule has 0 aliphatic rings. The highest BCUT2D eigenvalue weighted by atomic mass is 79.9. The molecule has 100 valence electrons. The van der Waals surface area contributed by atoms with Crippen LogP contribution in [0.2, 0.25) is 0 Å². The average Bonchev–Trinajstić information content (AvgIpc) is 2.33. The predicted octanol–water partition coefficient (Wildman–Crippen LogP) is 2.19. The topological polar surface area (TPSA) is 78.4 Å². The number of amides is 2. The van der Waals surface area contributed by atoms with Crippen LogP contribution >= 0.6 is 15.9 Å². The summed E-state index contributed by atoms with van der Waals surface area (Å²) >= 11 is 2.97. The zero-order chi connectivity index (χ0) is 14.4. The summed E-state index contributed by atoms with van der Waals surface area (Å²) in [6, 6.07) is 2.01. The van der Waals surface area contributed by atoms with Gasteiger partial charge in [0.2, 0.25) is 0 Å². The molecule has 1 aromatic carbocycles. The van der Waals surface area contributed by atoms with Gasteiger partial charge < -0.3 is 15.7 Å². The van der Waals surface area contributed by atoms with Crippen LogP contribution in [0.1, 0.15) is 6.42 Å². The Morgan fingerprint density at radius 3 is 2.74 bits per heavy atom. The Hall–Kier alpha value is -2.07. The fraction of sp³-hybridized carbons (Fsp3) is 0.167. The van der Waals surface area contributed by atoms with E-state index in [9.17, 15) is 14.0 Å². The van der Waals surface area contributed by atoms with Crippen LogP contribution in [0.4, 0.5) is 14.9 Å². The number of aliphatic carboxylic acids is 1. The van der Waals surface area contributed by atoms with Gasteiger partial charge in [-0.1, -0.05) is 0 Å². The van der Waals surface area contributed by atoms with E-state index in [2.05, 4.69) is 32.5 Å². The van der Waals surface area contributed by atoms with Crippen molar-refractivity contribution in [2.75, 3.05) is 5.32 Å². The molecule has 1 rings (SSSR count). The maximum absolute atomic E-state index is 13.2. The number of benzene rings is 1. The molecule has 0 spiro atoms. The molecule has 0 fully saturated rings. The third kappa shape index (κ3) is 4.60. The highest BCUT2D eigenvalue weighted by molar-refractivity contribution is 9.10. The fourth-order valence-electron chi connectivity index (χ4n) is 1.22. The lowest BCUT2D eigenvalue weighted by Gasteiger charge is -2.13. The molecule has 1 unspecified atom stereocenters. The number of carbonyl (C=O) groups excluding carboxylic acids is 1. The maximum Gasteiger partial charge on any atom is 0.327 e. The molecule has 0 heterocycles. The van der Waals surface area contributed by atoms with Crippen LogP contribution in [0.3, 0.4) is 0 Å². The molecule has 0 saturated heterocycles. The van der Waals surface area contributed by atoms with Gasteiger partial charge in [0.05, 0.1) is 4.47 Å². The third-order valence-corrected chi connectivity index (χ3v) is 2.75. The van der Waals surface area contributed by atoms with Crippen LogP contribution in [0.15, 0.2) is 22.7 Å². The summed E-state index contributed by atoms with van der Waals surface area (Å²) in [5.74, 6) is 0.360. The van der Waals surface area contributed by atoms with E-state index < -0.39 is 23.9 Å². The monoisotopic (exact) mass is 328 g/mol. The molecule has 19 heavy (non-hydrogen) atoms. The molecule has 0 radical (unpaired) electrons. The standard InChI is InChI=1S/C12H10BrFN2O3/c1-2-3-10(11(17)18)16-12(19)15-7-4-5-8(13)9(14)6-7/h1,4-6,10H,3H2,(H,17,18)(H2,15,16,19). The summed E-state index contributed by atoms with van der Waals surface area (Å²) in [4.78, 5) is 22.3. The first-order chi connectivity index (χ1) is 8.93. The van der Waals surface area contributed by atoms with Crippen LogP contribution < -0.4 is 10.6 Å². The molecule has 7 heteroatoms. The number of hydrogen-bond acceptors (Lipinski definition) is 2. The molecule has 2 amide bonds. The van der Waals surface area contributed by atoms with Gasteiger partial charge in [0.15, 0.2) is 0 Å². The number of carbonyl (C=O) groups is 2. The summed E-state index contributed by atoms with van der Waals surface area (Å²) in [7, 11) is 0. The van der Waals surface area contributed by atoms with Crippen molar-refractivity contribution in [3.05, 3.63) is 28.5 Å². The number of halogens is 2. The highest BCUT2D eigenvalue weighted by Gasteiger charge is 2.18. The minimum absolute atomic E-state index is 0.141. The number of hydrogen-bond donors (Lipinski definition) is 3. The van der Waals surface area contributed by atoms with Crippen molar-refractivity contribution >= 4 is 33.6 Å². The summed E-state index contributed by atoms with van der Waals surface area (Å²) in [5, 5.41) is 13.3. The first kappa shape index (κ1) is 15.0. The molecule has 1 aromatic rings. The quantitative estimate of drug-likeness (QED) is 0.741. The number of anilines is 1. The van der Waals surface area contributed by atoms with Crippen molar-refractivity contribution in [2.45, 2.75) is 12.5 Å². The largest absolute Gasteiger partial charge is 0.480 e. The summed E-state index contributed by atoms with van der Waals surface area (Å²) < 4.78 is 13.5. The Kier molecular flexibility index (Phi) is 5.33. The number of rotatable bonds is 4. The van der Waals surface area contributed by atoms with Crippen molar-refractivity contribution in [3.63, 3.8) is 0 Å². The zero-order valence-electron chi connectivity index (χ0n) is 9.61. The minimum atomic E-state index is -1.24. The van der Waals surface area contributed by atoms with Gasteiger partial charge in [-0.3, -0.25) is 0 Å². The van der Waals surface area contributed by atoms with Gasteiger partial charge in [0.1, 0.15) is 11.9 Å². The van der Waals surface area contributed by atoms with Crippen LogP contribution in [0.25, 0.3) is 0 Å². The normalized spacial score (nSPS) is 11.2. The van der Waals surface area contributed by atoms with E-state index in [1.807, 2.05) is 0 Å². The van der Waals surface area contributed by atoms with E-state index in [4.69, 9.17) is 11.5 Å². The van der Waals surface area contributed by atoms with Crippen LogP contribution in [0.5, 0.6) is 0 Å². The number of nitrogens with one attached hydrogen (secondary N) is 2. The van der Waals surface area contributed by atoms with Gasteiger partial charge in [0.25, 0.3) is 0 Å². The van der Waals surface area contributed by atoms with Crippen LogP contribution in [-0.2, 0) is 4.79 Å². The maximum atomic E-state index is 13.2. The first-order valence-corrected chi connectivity index (χ1v) is 5.92. The molecule has 0 aliphatic carbocycles. The zero-order valence-corrected chi connectivity index (χ0v) is 11.2. The molecular formula is C12H10BrFN2O3. The Morgan fingerprint density at radius 1 is 1.53 bits per heavy atom. The lowest BCUT2D eigenvalue weighted by Crippen LogP contribution is -2.42. The van der Waals surface area contributed by atoms with Crippen molar-refractivity contribution in [2.24, 2.45) is 0 Å². The predicted molar refractivity (Wildman–Crippen MR) is 71.1 cm³/mol. The second kappa shape index (κ2) is 6.75. The van der Waals surface area contributed by atoms with E-state index in [1.165, 1.54) is 12.1 Å². The summed E-state index contributed by atoms with van der Waals surface area (Å²) in [6.07, 6.45) is 4.85. The highest BCUT2D eigenvalue weighted by Crippen LogP contribution is 2.19. The van der Waals surface area contributed by atoms with Crippen LogP contribution in [-0.4, -0.2) is 23.1 Å². The van der Waals surface area contributed by atoms with Gasteiger partial charge >= 0.3 is 12.0 Å². The molecule has 0 saturated carbocycles. The van der Waals surface area contributed by atoms with E-state index in [1.54, 1.807) is 0 Å². The van der Waals surface area contributed by atoms with Crippen molar-refractivity contribution in [1.29, 1.82) is 0 Å². The fourth-order valence-corrected chi connectivity index (χ4v) is 1.46. The van der Waals surface area contributed by atoms with Crippen molar-refractivity contribution in [3.8, 4) is 12.3 Å². The molecule has 0 aromatic heterocycles.